The van der Waals surface area contributed by atoms with Gasteiger partial charge in [-0.2, -0.15) is 0 Å². The van der Waals surface area contributed by atoms with Gasteiger partial charge in [0.05, 0.1) is 5.69 Å². The van der Waals surface area contributed by atoms with Gasteiger partial charge in [0, 0.05) is 25.0 Å². The summed E-state index contributed by atoms with van der Waals surface area (Å²) in [5.41, 5.74) is 7.63. The lowest BCUT2D eigenvalue weighted by molar-refractivity contribution is 0.175. The highest BCUT2D eigenvalue weighted by Crippen LogP contribution is 2.17. The zero-order valence-corrected chi connectivity index (χ0v) is 9.32. The largest absolute Gasteiger partial charge is 0.399 e. The summed E-state index contributed by atoms with van der Waals surface area (Å²) >= 11 is 0. The first-order valence-corrected chi connectivity index (χ1v) is 5.67. The number of piperidine rings is 1. The van der Waals surface area contributed by atoms with E-state index in [2.05, 4.69) is 16.8 Å². The Kier molecular flexibility index (Phi) is 3.21. The predicted molar refractivity (Wildman–Crippen MR) is 62.3 cm³/mol. The zero-order chi connectivity index (χ0) is 10.7. The van der Waals surface area contributed by atoms with Gasteiger partial charge >= 0.3 is 0 Å². The van der Waals surface area contributed by atoms with Gasteiger partial charge in [-0.05, 0) is 37.4 Å². The Labute approximate surface area is 91.3 Å². The molecule has 15 heavy (non-hydrogen) atoms. The normalized spacial score (nSPS) is 22.9. The molecule has 0 radical (unpaired) electrons. The van der Waals surface area contributed by atoms with Crippen molar-refractivity contribution in [2.45, 2.75) is 26.3 Å². The molecular formula is C12H19N3. The van der Waals surface area contributed by atoms with Crippen molar-refractivity contribution < 1.29 is 0 Å². The number of hydrogen-bond donors (Lipinski definition) is 1. The first-order valence-electron chi connectivity index (χ1n) is 5.67. The van der Waals surface area contributed by atoms with Gasteiger partial charge < -0.3 is 5.73 Å². The number of hydrogen-bond acceptors (Lipinski definition) is 3. The minimum absolute atomic E-state index is 0.810. The molecule has 0 bridgehead atoms. The molecule has 1 aromatic rings. The number of likely N-dealkylation sites (tertiary alicyclic amines) is 1. The van der Waals surface area contributed by atoms with Crippen molar-refractivity contribution in [3.8, 4) is 0 Å². The number of nitrogen functional groups attached to an aromatic ring is 1. The Bertz CT molecular complexity index is 324. The van der Waals surface area contributed by atoms with E-state index in [1.807, 2.05) is 12.1 Å². The molecule has 3 heteroatoms. The summed E-state index contributed by atoms with van der Waals surface area (Å²) < 4.78 is 0. The Morgan fingerprint density at radius 1 is 1.60 bits per heavy atom. The molecule has 2 N–H and O–H groups in total. The first-order chi connectivity index (χ1) is 7.24. The summed E-state index contributed by atoms with van der Waals surface area (Å²) in [5.74, 6) is 0.819. The van der Waals surface area contributed by atoms with Gasteiger partial charge in [0.25, 0.3) is 0 Å². The summed E-state index contributed by atoms with van der Waals surface area (Å²) in [6.45, 7) is 5.64. The molecule has 0 amide bonds. The van der Waals surface area contributed by atoms with E-state index < -0.39 is 0 Å². The van der Waals surface area contributed by atoms with Crippen molar-refractivity contribution in [1.82, 2.24) is 9.88 Å². The topological polar surface area (TPSA) is 42.1 Å². The third kappa shape index (κ3) is 2.93. The van der Waals surface area contributed by atoms with Gasteiger partial charge in [-0.25, -0.2) is 0 Å². The summed E-state index contributed by atoms with van der Waals surface area (Å²) in [6.07, 6.45) is 4.46. The highest BCUT2D eigenvalue weighted by molar-refractivity contribution is 5.37. The molecule has 1 aliphatic heterocycles. The van der Waals surface area contributed by atoms with Crippen LogP contribution >= 0.6 is 0 Å². The van der Waals surface area contributed by atoms with Crippen molar-refractivity contribution in [3.63, 3.8) is 0 Å². The number of anilines is 1. The number of rotatable bonds is 2. The van der Waals surface area contributed by atoms with Gasteiger partial charge in [0.15, 0.2) is 0 Å². The second-order valence-electron chi connectivity index (χ2n) is 4.56. The summed E-state index contributed by atoms with van der Waals surface area (Å²) in [5, 5.41) is 0. The summed E-state index contributed by atoms with van der Waals surface area (Å²) in [6, 6.07) is 3.81. The Balaban J connectivity index is 1.96. The number of pyridine rings is 1. The van der Waals surface area contributed by atoms with E-state index >= 15 is 0 Å². The van der Waals surface area contributed by atoms with Crippen molar-refractivity contribution in [2.75, 3.05) is 18.8 Å². The van der Waals surface area contributed by atoms with E-state index in [9.17, 15) is 0 Å². The molecule has 1 fully saturated rings. The van der Waals surface area contributed by atoms with Gasteiger partial charge in [0.2, 0.25) is 0 Å². The monoisotopic (exact) mass is 205 g/mol. The van der Waals surface area contributed by atoms with Gasteiger partial charge in [-0.1, -0.05) is 6.92 Å². The second kappa shape index (κ2) is 4.62. The molecule has 82 valence electrons. The second-order valence-corrected chi connectivity index (χ2v) is 4.56. The number of aromatic nitrogens is 1. The fraction of sp³-hybridized carbons (Fsp3) is 0.583. The van der Waals surface area contributed by atoms with Crippen LogP contribution in [0, 0.1) is 5.92 Å². The lowest BCUT2D eigenvalue weighted by atomic mass is 10.0. The SMILES string of the molecule is CC1CCCN(Cc2cc(N)ccn2)C1. The maximum absolute atomic E-state index is 5.73. The minimum Gasteiger partial charge on any atom is -0.399 e. The average molecular weight is 205 g/mol. The maximum Gasteiger partial charge on any atom is 0.0564 e. The first kappa shape index (κ1) is 10.4. The molecule has 1 unspecified atom stereocenters. The quantitative estimate of drug-likeness (QED) is 0.801. The molecule has 0 aromatic carbocycles. The van der Waals surface area contributed by atoms with Crippen molar-refractivity contribution in [1.29, 1.82) is 0 Å². The van der Waals surface area contributed by atoms with Gasteiger partial charge in [-0.15, -0.1) is 0 Å². The van der Waals surface area contributed by atoms with E-state index in [1.54, 1.807) is 6.20 Å². The number of nitrogens with two attached hydrogens (primary N) is 1. The van der Waals surface area contributed by atoms with Crippen LogP contribution in [-0.2, 0) is 6.54 Å². The molecule has 0 saturated carbocycles. The number of nitrogens with zero attached hydrogens (tertiary/aromatic N) is 2. The highest BCUT2D eigenvalue weighted by Gasteiger charge is 2.16. The van der Waals surface area contributed by atoms with Crippen molar-refractivity contribution >= 4 is 5.69 Å². The lowest BCUT2D eigenvalue weighted by Gasteiger charge is -2.30. The van der Waals surface area contributed by atoms with Crippen LogP contribution in [-0.4, -0.2) is 23.0 Å². The van der Waals surface area contributed by atoms with E-state index in [1.165, 1.54) is 25.9 Å². The maximum atomic E-state index is 5.73. The Hall–Kier alpha value is -1.09. The molecule has 2 heterocycles. The standard InChI is InChI=1S/C12H19N3/c1-10-3-2-6-15(8-10)9-12-7-11(13)4-5-14-12/h4-5,7,10H,2-3,6,8-9H2,1H3,(H2,13,14). The van der Waals surface area contributed by atoms with Gasteiger partial charge in [-0.3, -0.25) is 9.88 Å². The van der Waals surface area contributed by atoms with E-state index in [0.29, 0.717) is 0 Å². The van der Waals surface area contributed by atoms with E-state index in [-0.39, 0.29) is 0 Å². The smallest absolute Gasteiger partial charge is 0.0564 e. The molecule has 0 spiro atoms. The molecule has 1 aromatic heterocycles. The van der Waals surface area contributed by atoms with Crippen LogP contribution in [0.25, 0.3) is 0 Å². The molecule has 0 aliphatic carbocycles. The molecule has 1 aliphatic rings. The van der Waals surface area contributed by atoms with E-state index in [0.717, 1.165) is 23.8 Å². The van der Waals surface area contributed by atoms with Crippen LogP contribution < -0.4 is 5.73 Å². The highest BCUT2D eigenvalue weighted by atomic mass is 15.1. The predicted octanol–water partition coefficient (Wildman–Crippen LogP) is 1.90. The third-order valence-electron chi connectivity index (χ3n) is 2.97. The molecule has 2 rings (SSSR count). The van der Waals surface area contributed by atoms with Crippen LogP contribution in [0.1, 0.15) is 25.5 Å². The van der Waals surface area contributed by atoms with Crippen LogP contribution in [0.2, 0.25) is 0 Å². The molecule has 1 saturated heterocycles. The molecule has 1 atom stereocenters. The van der Waals surface area contributed by atoms with E-state index in [4.69, 9.17) is 5.73 Å². The molecule has 3 nitrogen and oxygen atoms in total. The van der Waals surface area contributed by atoms with Crippen molar-refractivity contribution in [2.24, 2.45) is 5.92 Å². The average Bonchev–Trinajstić information content (AvgIpc) is 2.17. The summed E-state index contributed by atoms with van der Waals surface area (Å²) in [4.78, 5) is 6.81. The van der Waals surface area contributed by atoms with Crippen LogP contribution in [0.15, 0.2) is 18.3 Å². The van der Waals surface area contributed by atoms with Crippen LogP contribution in [0.4, 0.5) is 5.69 Å². The lowest BCUT2D eigenvalue weighted by Crippen LogP contribution is -2.33. The third-order valence-corrected chi connectivity index (χ3v) is 2.97. The Morgan fingerprint density at radius 2 is 2.47 bits per heavy atom. The fourth-order valence-electron chi connectivity index (χ4n) is 2.24. The molecular weight excluding hydrogens is 186 g/mol. The zero-order valence-electron chi connectivity index (χ0n) is 9.32. The van der Waals surface area contributed by atoms with Crippen LogP contribution in [0.3, 0.4) is 0 Å². The van der Waals surface area contributed by atoms with Gasteiger partial charge in [0.1, 0.15) is 0 Å². The fourth-order valence-corrected chi connectivity index (χ4v) is 2.24. The summed E-state index contributed by atoms with van der Waals surface area (Å²) in [7, 11) is 0. The Morgan fingerprint density at radius 3 is 3.20 bits per heavy atom. The minimum atomic E-state index is 0.810. The van der Waals surface area contributed by atoms with Crippen LogP contribution in [0.5, 0.6) is 0 Å². The van der Waals surface area contributed by atoms with Crippen molar-refractivity contribution in [3.05, 3.63) is 24.0 Å².